The number of hydrogen-bond acceptors (Lipinski definition) is 3. The molecule has 0 unspecified atom stereocenters. The predicted molar refractivity (Wildman–Crippen MR) is 84.9 cm³/mol. The minimum absolute atomic E-state index is 0.0475. The lowest BCUT2D eigenvalue weighted by Crippen LogP contribution is -2.24. The van der Waals surface area contributed by atoms with Crippen LogP contribution in [0.15, 0.2) is 64.3 Å². The zero-order valence-electron chi connectivity index (χ0n) is 12.1. The van der Waals surface area contributed by atoms with E-state index in [0.29, 0.717) is 27.7 Å². The summed E-state index contributed by atoms with van der Waals surface area (Å²) in [4.78, 5) is 12.5. The van der Waals surface area contributed by atoms with Crippen LogP contribution in [0.2, 0.25) is 0 Å². The molecule has 0 N–H and O–H groups in total. The van der Waals surface area contributed by atoms with E-state index in [0.717, 1.165) is 0 Å². The standard InChI is InChI=1S/C18H16O3/c1-4-18(2,3)21-12-9-10-16-14(11-12)17(19)13-7-5-6-8-15(13)20-16/h4-11H,1H2,2-3H3. The maximum absolute atomic E-state index is 12.5. The Balaban J connectivity index is 2.21. The van der Waals surface area contributed by atoms with E-state index >= 15 is 0 Å². The Kier molecular flexibility index (Phi) is 3.05. The number of fused-ring (bicyclic) bond motifs is 2. The second-order valence-corrected chi connectivity index (χ2v) is 5.49. The van der Waals surface area contributed by atoms with Gasteiger partial charge in [-0.25, -0.2) is 0 Å². The van der Waals surface area contributed by atoms with Gasteiger partial charge >= 0.3 is 0 Å². The average Bonchev–Trinajstić information content (AvgIpc) is 2.48. The Bertz CT molecular complexity index is 888. The first kappa shape index (κ1) is 13.4. The smallest absolute Gasteiger partial charge is 0.200 e. The molecule has 0 spiro atoms. The highest BCUT2D eigenvalue weighted by Gasteiger charge is 2.16. The first-order chi connectivity index (χ1) is 10.00. The van der Waals surface area contributed by atoms with Gasteiger partial charge in [-0.15, -0.1) is 0 Å². The van der Waals surface area contributed by atoms with Crippen molar-refractivity contribution in [1.82, 2.24) is 0 Å². The highest BCUT2D eigenvalue weighted by molar-refractivity contribution is 5.90. The zero-order chi connectivity index (χ0) is 15.0. The first-order valence-corrected chi connectivity index (χ1v) is 6.78. The lowest BCUT2D eigenvalue weighted by atomic mass is 10.1. The third-order valence-electron chi connectivity index (χ3n) is 3.42. The van der Waals surface area contributed by atoms with E-state index in [2.05, 4.69) is 6.58 Å². The topological polar surface area (TPSA) is 39.4 Å². The molecule has 3 aromatic rings. The van der Waals surface area contributed by atoms with Crippen LogP contribution in [0.4, 0.5) is 0 Å². The highest BCUT2D eigenvalue weighted by atomic mass is 16.5. The summed E-state index contributed by atoms with van der Waals surface area (Å²) in [5, 5.41) is 1.09. The molecule has 0 aliphatic rings. The molecule has 3 rings (SSSR count). The summed E-state index contributed by atoms with van der Waals surface area (Å²) >= 11 is 0. The second kappa shape index (κ2) is 4.77. The van der Waals surface area contributed by atoms with Gasteiger partial charge in [0.25, 0.3) is 0 Å². The second-order valence-electron chi connectivity index (χ2n) is 5.49. The molecule has 0 fully saturated rings. The molecule has 0 saturated carbocycles. The van der Waals surface area contributed by atoms with Crippen molar-refractivity contribution < 1.29 is 9.15 Å². The summed E-state index contributed by atoms with van der Waals surface area (Å²) in [5.74, 6) is 0.620. The van der Waals surface area contributed by atoms with Crippen LogP contribution >= 0.6 is 0 Å². The van der Waals surface area contributed by atoms with E-state index in [-0.39, 0.29) is 5.43 Å². The van der Waals surface area contributed by atoms with Crippen LogP contribution in [0.25, 0.3) is 21.9 Å². The van der Waals surface area contributed by atoms with Crippen molar-refractivity contribution in [2.45, 2.75) is 19.4 Å². The summed E-state index contributed by atoms with van der Waals surface area (Å²) in [6.45, 7) is 7.56. The Hall–Kier alpha value is -2.55. The fourth-order valence-corrected chi connectivity index (χ4v) is 2.19. The molecule has 0 amide bonds. The van der Waals surface area contributed by atoms with Crippen molar-refractivity contribution in [3.05, 3.63) is 65.3 Å². The third kappa shape index (κ3) is 2.42. The molecule has 2 aromatic carbocycles. The quantitative estimate of drug-likeness (QED) is 0.530. The van der Waals surface area contributed by atoms with E-state index in [1.165, 1.54) is 0 Å². The molecule has 3 nitrogen and oxygen atoms in total. The van der Waals surface area contributed by atoms with Crippen molar-refractivity contribution >= 4 is 21.9 Å². The first-order valence-electron chi connectivity index (χ1n) is 6.78. The minimum Gasteiger partial charge on any atom is -0.484 e. The molecule has 0 saturated heterocycles. The molecule has 106 valence electrons. The fourth-order valence-electron chi connectivity index (χ4n) is 2.19. The number of rotatable bonds is 3. The summed E-state index contributed by atoms with van der Waals surface area (Å²) < 4.78 is 11.6. The Morgan fingerprint density at radius 3 is 2.57 bits per heavy atom. The van der Waals surface area contributed by atoms with Gasteiger partial charge in [-0.05, 0) is 50.3 Å². The maximum Gasteiger partial charge on any atom is 0.200 e. The molecule has 21 heavy (non-hydrogen) atoms. The highest BCUT2D eigenvalue weighted by Crippen LogP contribution is 2.25. The lowest BCUT2D eigenvalue weighted by molar-refractivity contribution is 0.162. The summed E-state index contributed by atoms with van der Waals surface area (Å²) in [7, 11) is 0. The normalized spacial score (nSPS) is 11.7. The summed E-state index contributed by atoms with van der Waals surface area (Å²) in [6, 6.07) is 12.5. The summed E-state index contributed by atoms with van der Waals surface area (Å²) in [5.41, 5.74) is 0.608. The molecule has 0 radical (unpaired) electrons. The van der Waals surface area contributed by atoms with E-state index in [1.54, 1.807) is 36.4 Å². The molecule has 0 atom stereocenters. The predicted octanol–water partition coefficient (Wildman–Crippen LogP) is 4.29. The SMILES string of the molecule is C=CC(C)(C)Oc1ccc2oc3ccccc3c(=O)c2c1. The zero-order valence-corrected chi connectivity index (χ0v) is 12.1. The fraction of sp³-hybridized carbons (Fsp3) is 0.167. The molecule has 0 aliphatic heterocycles. The monoisotopic (exact) mass is 280 g/mol. The number of benzene rings is 2. The van der Waals surface area contributed by atoms with Crippen molar-refractivity contribution in [2.75, 3.05) is 0 Å². The van der Waals surface area contributed by atoms with Gasteiger partial charge < -0.3 is 9.15 Å². The van der Waals surface area contributed by atoms with Crippen LogP contribution in [0.1, 0.15) is 13.8 Å². The van der Waals surface area contributed by atoms with E-state index < -0.39 is 5.60 Å². The van der Waals surface area contributed by atoms with Crippen LogP contribution in [0.5, 0.6) is 5.75 Å². The third-order valence-corrected chi connectivity index (χ3v) is 3.42. The Morgan fingerprint density at radius 1 is 1.10 bits per heavy atom. The maximum atomic E-state index is 12.5. The van der Waals surface area contributed by atoms with E-state index in [1.807, 2.05) is 26.0 Å². The molecule has 0 bridgehead atoms. The molecule has 3 heteroatoms. The largest absolute Gasteiger partial charge is 0.484 e. The average molecular weight is 280 g/mol. The summed E-state index contributed by atoms with van der Waals surface area (Å²) in [6.07, 6.45) is 1.72. The van der Waals surface area contributed by atoms with Gasteiger partial charge in [-0.3, -0.25) is 4.79 Å². The molecule has 1 heterocycles. The van der Waals surface area contributed by atoms with E-state index in [9.17, 15) is 4.79 Å². The van der Waals surface area contributed by atoms with Gasteiger partial charge in [0, 0.05) is 0 Å². The Morgan fingerprint density at radius 2 is 1.81 bits per heavy atom. The van der Waals surface area contributed by atoms with Crippen molar-refractivity contribution in [2.24, 2.45) is 0 Å². The number of para-hydroxylation sites is 1. The van der Waals surface area contributed by atoms with E-state index in [4.69, 9.17) is 9.15 Å². The molecule has 0 aliphatic carbocycles. The minimum atomic E-state index is -0.495. The van der Waals surface area contributed by atoms with Crippen molar-refractivity contribution in [3.8, 4) is 5.75 Å². The number of ether oxygens (including phenoxy) is 1. The van der Waals surface area contributed by atoms with Crippen LogP contribution in [0, 0.1) is 0 Å². The van der Waals surface area contributed by atoms with Gasteiger partial charge in [-0.2, -0.15) is 0 Å². The Labute approximate surface area is 122 Å². The molecule has 1 aromatic heterocycles. The van der Waals surface area contributed by atoms with Gasteiger partial charge in [0.1, 0.15) is 22.5 Å². The van der Waals surface area contributed by atoms with Crippen molar-refractivity contribution in [1.29, 1.82) is 0 Å². The van der Waals surface area contributed by atoms with Crippen LogP contribution < -0.4 is 10.2 Å². The van der Waals surface area contributed by atoms with Gasteiger partial charge in [-0.1, -0.05) is 18.7 Å². The number of hydrogen-bond donors (Lipinski definition) is 0. The lowest BCUT2D eigenvalue weighted by Gasteiger charge is -2.22. The van der Waals surface area contributed by atoms with Crippen molar-refractivity contribution in [3.63, 3.8) is 0 Å². The van der Waals surface area contributed by atoms with Crippen LogP contribution in [-0.4, -0.2) is 5.60 Å². The van der Waals surface area contributed by atoms with Gasteiger partial charge in [0.15, 0.2) is 0 Å². The van der Waals surface area contributed by atoms with Crippen LogP contribution in [-0.2, 0) is 0 Å². The van der Waals surface area contributed by atoms with Gasteiger partial charge in [0.05, 0.1) is 10.8 Å². The van der Waals surface area contributed by atoms with Gasteiger partial charge in [0.2, 0.25) is 5.43 Å². The molecular weight excluding hydrogens is 264 g/mol. The molecular formula is C18H16O3. The van der Waals surface area contributed by atoms with Crippen LogP contribution in [0.3, 0.4) is 0 Å².